The summed E-state index contributed by atoms with van der Waals surface area (Å²) >= 11 is 0. The van der Waals surface area contributed by atoms with Gasteiger partial charge in [-0.05, 0) is 20.3 Å². The lowest BCUT2D eigenvalue weighted by Gasteiger charge is -2.25. The van der Waals surface area contributed by atoms with Crippen LogP contribution in [0, 0.1) is 0 Å². The first-order valence-electron chi connectivity index (χ1n) is 5.95. The summed E-state index contributed by atoms with van der Waals surface area (Å²) in [5.74, 6) is -0.252. The molecule has 0 saturated heterocycles. The molecular formula is C11H24N2O3S. The van der Waals surface area contributed by atoms with E-state index in [2.05, 4.69) is 5.32 Å². The summed E-state index contributed by atoms with van der Waals surface area (Å²) in [4.78, 5) is 11.8. The number of rotatable bonds is 7. The molecule has 2 unspecified atom stereocenters. The van der Waals surface area contributed by atoms with Gasteiger partial charge in [-0.25, -0.2) is 8.42 Å². The predicted octanol–water partition coefficient (Wildman–Crippen LogP) is 0.443. The molecule has 0 aliphatic rings. The van der Waals surface area contributed by atoms with Gasteiger partial charge >= 0.3 is 0 Å². The summed E-state index contributed by atoms with van der Waals surface area (Å²) in [5.41, 5.74) is 4.92. The van der Waals surface area contributed by atoms with Crippen LogP contribution in [0.15, 0.2) is 0 Å². The maximum absolute atomic E-state index is 11.8. The topological polar surface area (TPSA) is 89.3 Å². The Bertz CT molecular complexity index is 350. The fourth-order valence-electron chi connectivity index (χ4n) is 1.56. The molecule has 3 N–H and O–H groups in total. The molecule has 0 saturated carbocycles. The highest BCUT2D eigenvalue weighted by atomic mass is 32.2. The molecule has 0 rings (SSSR count). The van der Waals surface area contributed by atoms with E-state index in [0.29, 0.717) is 6.42 Å². The molecule has 0 radical (unpaired) electrons. The Labute approximate surface area is 104 Å². The quantitative estimate of drug-likeness (QED) is 0.698. The number of hydrogen-bond donors (Lipinski definition) is 2. The SMILES string of the molecule is CCCC(C)(N)C(=O)NC(C)CS(=O)(=O)CC. The van der Waals surface area contributed by atoms with Crippen LogP contribution in [0.3, 0.4) is 0 Å². The minimum absolute atomic E-state index is 0.0442. The first-order valence-corrected chi connectivity index (χ1v) is 7.77. The van der Waals surface area contributed by atoms with E-state index in [0.717, 1.165) is 6.42 Å². The molecule has 2 atom stereocenters. The summed E-state index contributed by atoms with van der Waals surface area (Å²) in [6.07, 6.45) is 1.38. The minimum Gasteiger partial charge on any atom is -0.351 e. The van der Waals surface area contributed by atoms with Crippen LogP contribution in [-0.4, -0.2) is 37.4 Å². The number of carbonyl (C=O) groups is 1. The van der Waals surface area contributed by atoms with Crippen LogP contribution in [0.4, 0.5) is 0 Å². The third-order valence-corrected chi connectivity index (χ3v) is 4.50. The Hall–Kier alpha value is -0.620. The zero-order chi connectivity index (χ0) is 13.7. The largest absolute Gasteiger partial charge is 0.351 e. The highest BCUT2D eigenvalue weighted by molar-refractivity contribution is 7.91. The van der Waals surface area contributed by atoms with Gasteiger partial charge in [0.1, 0.15) is 0 Å². The third kappa shape index (κ3) is 6.02. The van der Waals surface area contributed by atoms with E-state index in [1.54, 1.807) is 20.8 Å². The van der Waals surface area contributed by atoms with Gasteiger partial charge in [-0.2, -0.15) is 0 Å². The molecule has 0 aromatic heterocycles. The van der Waals surface area contributed by atoms with Crippen LogP contribution in [0.1, 0.15) is 40.5 Å². The van der Waals surface area contributed by atoms with Crippen molar-refractivity contribution in [3.63, 3.8) is 0 Å². The van der Waals surface area contributed by atoms with Gasteiger partial charge in [-0.1, -0.05) is 20.3 Å². The average molecular weight is 264 g/mol. The lowest BCUT2D eigenvalue weighted by atomic mass is 9.96. The van der Waals surface area contributed by atoms with Crippen LogP contribution in [0.25, 0.3) is 0 Å². The Morgan fingerprint density at radius 2 is 1.94 bits per heavy atom. The van der Waals surface area contributed by atoms with Gasteiger partial charge in [0.2, 0.25) is 5.91 Å². The second-order valence-electron chi connectivity index (χ2n) is 4.74. The molecule has 0 aliphatic heterocycles. The number of nitrogens with one attached hydrogen (secondary N) is 1. The van der Waals surface area contributed by atoms with Crippen molar-refractivity contribution in [2.45, 2.75) is 52.1 Å². The highest BCUT2D eigenvalue weighted by Gasteiger charge is 2.28. The molecule has 17 heavy (non-hydrogen) atoms. The van der Waals surface area contributed by atoms with E-state index < -0.39 is 21.4 Å². The standard InChI is InChI=1S/C11H24N2O3S/c1-5-7-11(4,12)10(14)13-9(3)8-17(15,16)6-2/h9H,5-8,12H2,1-4H3,(H,13,14). The molecule has 0 aromatic rings. The van der Waals surface area contributed by atoms with Crippen molar-refractivity contribution in [2.75, 3.05) is 11.5 Å². The van der Waals surface area contributed by atoms with Gasteiger partial charge in [0.15, 0.2) is 9.84 Å². The van der Waals surface area contributed by atoms with Gasteiger partial charge in [-0.15, -0.1) is 0 Å². The molecule has 5 nitrogen and oxygen atoms in total. The Morgan fingerprint density at radius 3 is 2.35 bits per heavy atom. The summed E-state index contributed by atoms with van der Waals surface area (Å²) < 4.78 is 22.8. The molecule has 0 bridgehead atoms. The van der Waals surface area contributed by atoms with Gasteiger partial charge in [0.05, 0.1) is 11.3 Å². The Balaban J connectivity index is 4.40. The van der Waals surface area contributed by atoms with Crippen molar-refractivity contribution >= 4 is 15.7 Å². The normalized spacial score (nSPS) is 17.2. The molecule has 0 aromatic carbocycles. The molecule has 6 heteroatoms. The van der Waals surface area contributed by atoms with Crippen molar-refractivity contribution in [3.8, 4) is 0 Å². The molecule has 0 heterocycles. The van der Waals surface area contributed by atoms with E-state index in [-0.39, 0.29) is 17.4 Å². The van der Waals surface area contributed by atoms with Gasteiger partial charge in [-0.3, -0.25) is 4.79 Å². The van der Waals surface area contributed by atoms with Crippen LogP contribution in [0.5, 0.6) is 0 Å². The van der Waals surface area contributed by atoms with Crippen LogP contribution in [0.2, 0.25) is 0 Å². The van der Waals surface area contributed by atoms with Crippen LogP contribution in [-0.2, 0) is 14.6 Å². The van der Waals surface area contributed by atoms with Crippen molar-refractivity contribution in [1.29, 1.82) is 0 Å². The number of amides is 1. The number of nitrogens with two attached hydrogens (primary N) is 1. The zero-order valence-corrected chi connectivity index (χ0v) is 11.9. The smallest absolute Gasteiger partial charge is 0.240 e. The first kappa shape index (κ1) is 16.4. The van der Waals surface area contributed by atoms with Crippen molar-refractivity contribution in [3.05, 3.63) is 0 Å². The number of sulfone groups is 1. The maximum atomic E-state index is 11.8. The molecule has 0 fully saturated rings. The van der Waals surface area contributed by atoms with E-state index in [4.69, 9.17) is 5.73 Å². The van der Waals surface area contributed by atoms with E-state index >= 15 is 0 Å². The van der Waals surface area contributed by atoms with Crippen molar-refractivity contribution < 1.29 is 13.2 Å². The Kier molecular flexibility index (Phi) is 6.12. The third-order valence-electron chi connectivity index (χ3n) is 2.61. The molecule has 0 aliphatic carbocycles. The molecule has 1 amide bonds. The van der Waals surface area contributed by atoms with E-state index in [9.17, 15) is 13.2 Å². The molecule has 0 spiro atoms. The summed E-state index contributed by atoms with van der Waals surface area (Å²) in [6.45, 7) is 6.87. The van der Waals surface area contributed by atoms with Crippen LogP contribution >= 0.6 is 0 Å². The van der Waals surface area contributed by atoms with Crippen molar-refractivity contribution in [2.24, 2.45) is 5.73 Å². The second-order valence-corrected chi connectivity index (χ2v) is 7.14. The highest BCUT2D eigenvalue weighted by Crippen LogP contribution is 2.09. The van der Waals surface area contributed by atoms with Crippen molar-refractivity contribution in [1.82, 2.24) is 5.32 Å². The zero-order valence-electron chi connectivity index (χ0n) is 11.1. The van der Waals surface area contributed by atoms with E-state index in [1.165, 1.54) is 0 Å². The van der Waals surface area contributed by atoms with Crippen LogP contribution < -0.4 is 11.1 Å². The Morgan fingerprint density at radius 1 is 1.41 bits per heavy atom. The minimum atomic E-state index is -3.08. The predicted molar refractivity (Wildman–Crippen MR) is 69.4 cm³/mol. The second kappa shape index (κ2) is 6.35. The van der Waals surface area contributed by atoms with Gasteiger partial charge in [0, 0.05) is 11.8 Å². The summed E-state index contributed by atoms with van der Waals surface area (Å²) in [5, 5.41) is 2.65. The maximum Gasteiger partial charge on any atom is 0.240 e. The van der Waals surface area contributed by atoms with Gasteiger partial charge in [0.25, 0.3) is 0 Å². The average Bonchev–Trinajstić information content (AvgIpc) is 2.16. The monoisotopic (exact) mass is 264 g/mol. The van der Waals surface area contributed by atoms with Gasteiger partial charge < -0.3 is 11.1 Å². The number of carbonyl (C=O) groups excluding carboxylic acids is 1. The lowest BCUT2D eigenvalue weighted by Crippen LogP contribution is -2.54. The first-order chi connectivity index (χ1) is 7.64. The molecular weight excluding hydrogens is 240 g/mol. The van der Waals surface area contributed by atoms with E-state index in [1.807, 2.05) is 6.92 Å². The fraction of sp³-hybridized carbons (Fsp3) is 0.909. The number of hydrogen-bond acceptors (Lipinski definition) is 4. The fourth-order valence-corrected chi connectivity index (χ4v) is 2.64. The molecule has 102 valence electrons. The summed E-state index contributed by atoms with van der Waals surface area (Å²) in [6, 6.07) is -0.410. The summed E-state index contributed by atoms with van der Waals surface area (Å²) in [7, 11) is -3.08. The lowest BCUT2D eigenvalue weighted by molar-refractivity contribution is -0.126.